The van der Waals surface area contributed by atoms with Crippen molar-refractivity contribution in [3.05, 3.63) is 77.3 Å². The molecule has 0 unspecified atom stereocenters. The van der Waals surface area contributed by atoms with Crippen LogP contribution >= 0.6 is 0 Å². The molecule has 0 aliphatic carbocycles. The monoisotopic (exact) mass is 345 g/mol. The molecule has 1 aliphatic heterocycles. The smallest absolute Gasteiger partial charge is 0.223 e. The lowest BCUT2D eigenvalue weighted by Gasteiger charge is -2.11. The second-order valence-electron chi connectivity index (χ2n) is 6.34. The number of aliphatic imine (C=N–C) groups is 1. The minimum Gasteiger partial charge on any atom is -0.497 e. The van der Waals surface area contributed by atoms with Crippen LogP contribution in [0, 0.1) is 0 Å². The van der Waals surface area contributed by atoms with Gasteiger partial charge in [0.15, 0.2) is 0 Å². The van der Waals surface area contributed by atoms with Crippen LogP contribution in [0.2, 0.25) is 0 Å². The van der Waals surface area contributed by atoms with Gasteiger partial charge in [-0.1, -0.05) is 18.2 Å². The van der Waals surface area contributed by atoms with Crippen molar-refractivity contribution < 1.29 is 4.74 Å². The van der Waals surface area contributed by atoms with E-state index < -0.39 is 0 Å². The molecule has 0 radical (unpaired) electrons. The number of aromatic nitrogens is 1. The van der Waals surface area contributed by atoms with Gasteiger partial charge in [0.05, 0.1) is 18.5 Å². The predicted molar refractivity (Wildman–Crippen MR) is 112 cm³/mol. The first-order chi connectivity index (χ1) is 12.6. The van der Waals surface area contributed by atoms with Crippen LogP contribution in [0.15, 0.2) is 71.0 Å². The Balaban J connectivity index is 1.93. The van der Waals surface area contributed by atoms with E-state index >= 15 is 0 Å². The van der Waals surface area contributed by atoms with Crippen molar-refractivity contribution in [1.29, 1.82) is 0 Å². The van der Waals surface area contributed by atoms with Crippen molar-refractivity contribution in [3.63, 3.8) is 0 Å². The molecule has 0 spiro atoms. The van der Waals surface area contributed by atoms with Gasteiger partial charge in [0.25, 0.3) is 0 Å². The Labute approximate surface area is 155 Å². The van der Waals surface area contributed by atoms with E-state index in [1.165, 1.54) is 16.8 Å². The van der Waals surface area contributed by atoms with E-state index in [0.717, 1.165) is 29.1 Å². The first kappa shape index (κ1) is 18.0. The van der Waals surface area contributed by atoms with E-state index in [4.69, 9.17) is 15.5 Å². The molecule has 132 valence electrons. The summed E-state index contributed by atoms with van der Waals surface area (Å²) < 4.78 is 7.39. The van der Waals surface area contributed by atoms with Crippen LogP contribution in [-0.4, -0.2) is 31.8 Å². The third-order valence-electron chi connectivity index (χ3n) is 4.45. The number of hydrogen-bond acceptors (Lipinski definition) is 3. The van der Waals surface area contributed by atoms with Gasteiger partial charge in [0.2, 0.25) is 7.98 Å². The molecule has 0 saturated carbocycles. The van der Waals surface area contributed by atoms with Gasteiger partial charge in [-0.25, -0.2) is 4.99 Å². The summed E-state index contributed by atoms with van der Waals surface area (Å²) >= 11 is 0. The summed E-state index contributed by atoms with van der Waals surface area (Å²) in [5.41, 5.74) is 12.4. The van der Waals surface area contributed by atoms with Gasteiger partial charge >= 0.3 is 0 Å². The Morgan fingerprint density at radius 3 is 2.81 bits per heavy atom. The molecule has 0 amide bonds. The van der Waals surface area contributed by atoms with Gasteiger partial charge < -0.3 is 14.9 Å². The quantitative estimate of drug-likeness (QED) is 0.818. The summed E-state index contributed by atoms with van der Waals surface area (Å²) in [6.07, 6.45) is 9.06. The van der Waals surface area contributed by atoms with Crippen LogP contribution < -0.4 is 10.5 Å². The molecule has 26 heavy (non-hydrogen) atoms. The van der Waals surface area contributed by atoms with Crippen molar-refractivity contribution in [3.8, 4) is 5.75 Å². The van der Waals surface area contributed by atoms with Crippen LogP contribution in [0.25, 0.3) is 11.6 Å². The fourth-order valence-electron chi connectivity index (χ4n) is 3.14. The lowest BCUT2D eigenvalue weighted by molar-refractivity contribution is 0.414. The second-order valence-corrected chi connectivity index (χ2v) is 6.34. The molecule has 5 heteroatoms. The predicted octanol–water partition coefficient (Wildman–Crippen LogP) is 3.07. The number of nitrogens with two attached hydrogens (primary N) is 1. The summed E-state index contributed by atoms with van der Waals surface area (Å²) in [4.78, 5) is 4.86. The number of ether oxygens (including phenoxy) is 1. The average Bonchev–Trinajstić information content (AvgIpc) is 3.24. The van der Waals surface area contributed by atoms with Crippen LogP contribution in [-0.2, 0) is 0 Å². The van der Waals surface area contributed by atoms with Gasteiger partial charge in [-0.15, -0.1) is 0 Å². The highest BCUT2D eigenvalue weighted by Gasteiger charge is 2.16. The minimum atomic E-state index is 0.599. The second kappa shape index (κ2) is 8.06. The first-order valence-corrected chi connectivity index (χ1v) is 8.77. The zero-order valence-electron chi connectivity index (χ0n) is 15.6. The Kier molecular flexibility index (Phi) is 5.59. The topological polar surface area (TPSA) is 52.5 Å². The SMILES string of the molecule is Bn1cccc1/C(CCN)=C1N=C(/C=C/c2cccc(OC)c2)C=C\1C. The molecule has 1 aliphatic rings. The summed E-state index contributed by atoms with van der Waals surface area (Å²) in [6, 6.07) is 12.1. The van der Waals surface area contributed by atoms with E-state index in [-0.39, 0.29) is 0 Å². The van der Waals surface area contributed by atoms with E-state index in [2.05, 4.69) is 29.6 Å². The maximum atomic E-state index is 5.86. The Bertz CT molecular complexity index is 919. The zero-order chi connectivity index (χ0) is 18.5. The van der Waals surface area contributed by atoms with Crippen LogP contribution in [0.4, 0.5) is 0 Å². The highest BCUT2D eigenvalue weighted by atomic mass is 16.5. The highest BCUT2D eigenvalue weighted by Crippen LogP contribution is 2.31. The summed E-state index contributed by atoms with van der Waals surface area (Å²) in [7, 11) is 3.73. The van der Waals surface area contributed by atoms with Crippen molar-refractivity contribution in [1.82, 2.24) is 4.48 Å². The van der Waals surface area contributed by atoms with Crippen molar-refractivity contribution >= 4 is 25.3 Å². The highest BCUT2D eigenvalue weighted by molar-refractivity contribution is 6.11. The van der Waals surface area contributed by atoms with Gasteiger partial charge in [-0.2, -0.15) is 0 Å². The molecule has 2 N–H and O–H groups in total. The lowest BCUT2D eigenvalue weighted by atomic mass is 10.0. The molecule has 3 rings (SSSR count). The maximum absolute atomic E-state index is 5.86. The molecule has 2 heterocycles. The standard InChI is InChI=1S/C21H24BN3O/c1-15-13-17(9-8-16-5-3-6-18(14-16)26-2)24-21(15)19(10-11-23)20-7-4-12-25(20)22/h3-9,12-14H,10-11,22-23H2,1-2H3/b9-8+,21-19-. The molecule has 0 fully saturated rings. The van der Waals surface area contributed by atoms with Gasteiger partial charge in [-0.3, -0.25) is 0 Å². The molecule has 0 atom stereocenters. The fourth-order valence-corrected chi connectivity index (χ4v) is 3.14. The van der Waals surface area contributed by atoms with Crippen molar-refractivity contribution in [2.75, 3.05) is 13.7 Å². The molecule has 0 bridgehead atoms. The number of rotatable bonds is 6. The third kappa shape index (κ3) is 3.89. The molecule has 1 aromatic carbocycles. The van der Waals surface area contributed by atoms with Crippen LogP contribution in [0.5, 0.6) is 5.75 Å². The molecular formula is C21H24BN3O. The maximum Gasteiger partial charge on any atom is 0.223 e. The molecule has 1 aromatic heterocycles. The Morgan fingerprint density at radius 2 is 2.12 bits per heavy atom. The molecular weight excluding hydrogens is 321 g/mol. The summed E-state index contributed by atoms with van der Waals surface area (Å²) in [5, 5.41) is 0. The van der Waals surface area contributed by atoms with Crippen LogP contribution in [0.3, 0.4) is 0 Å². The average molecular weight is 345 g/mol. The molecule has 2 aromatic rings. The first-order valence-electron chi connectivity index (χ1n) is 8.77. The largest absolute Gasteiger partial charge is 0.497 e. The van der Waals surface area contributed by atoms with E-state index in [1.54, 1.807) is 7.11 Å². The molecule has 4 nitrogen and oxygen atoms in total. The number of benzene rings is 1. The third-order valence-corrected chi connectivity index (χ3v) is 4.45. The fraction of sp³-hybridized carbons (Fsp3) is 0.190. The van der Waals surface area contributed by atoms with Crippen molar-refractivity contribution in [2.45, 2.75) is 13.3 Å². The lowest BCUT2D eigenvalue weighted by Crippen LogP contribution is -2.05. The Morgan fingerprint density at radius 1 is 1.27 bits per heavy atom. The number of nitrogens with zero attached hydrogens (tertiary/aromatic N) is 2. The van der Waals surface area contributed by atoms with Gasteiger partial charge in [0, 0.05) is 11.3 Å². The Hall–Kier alpha value is -2.79. The summed E-state index contributed by atoms with van der Waals surface area (Å²) in [6.45, 7) is 2.70. The van der Waals surface area contributed by atoms with E-state index in [0.29, 0.717) is 6.54 Å². The van der Waals surface area contributed by atoms with Crippen LogP contribution in [0.1, 0.15) is 24.6 Å². The zero-order valence-corrected chi connectivity index (χ0v) is 15.6. The van der Waals surface area contributed by atoms with E-state index in [1.807, 2.05) is 50.6 Å². The van der Waals surface area contributed by atoms with Crippen molar-refractivity contribution in [2.24, 2.45) is 10.7 Å². The minimum absolute atomic E-state index is 0.599. The van der Waals surface area contributed by atoms with E-state index in [9.17, 15) is 0 Å². The normalized spacial score (nSPS) is 16.0. The molecule has 0 saturated heterocycles. The summed E-state index contributed by atoms with van der Waals surface area (Å²) in [5.74, 6) is 0.849. The number of methoxy groups -OCH3 is 1. The number of hydrogen-bond donors (Lipinski definition) is 1. The van der Waals surface area contributed by atoms with Gasteiger partial charge in [0.1, 0.15) is 5.75 Å². The van der Waals surface area contributed by atoms with Gasteiger partial charge in [-0.05, 0) is 73.6 Å². The number of allylic oxidation sites excluding steroid dienone is 3.